The van der Waals surface area contributed by atoms with Gasteiger partial charge in [0.25, 0.3) is 0 Å². The quantitative estimate of drug-likeness (QED) is 0.182. The normalized spacial score (nSPS) is 11.5. The minimum Gasteiger partial charge on any atom is -0.370 e. The second-order valence-electron chi connectivity index (χ2n) is 9.41. The number of hydrogen-bond acceptors (Lipinski definition) is 4. The molecule has 0 saturated carbocycles. The van der Waals surface area contributed by atoms with E-state index in [1.165, 1.54) is 11.8 Å². The molecule has 0 bridgehead atoms. The van der Waals surface area contributed by atoms with E-state index in [2.05, 4.69) is 12.1 Å². The number of sulfone groups is 1. The Kier molecular flexibility index (Phi) is 8.27. The summed E-state index contributed by atoms with van der Waals surface area (Å²) in [4.78, 5) is 0.272. The molecule has 0 amide bonds. The monoisotopic (exact) mass is 556 g/mol. The van der Waals surface area contributed by atoms with Crippen molar-refractivity contribution < 1.29 is 13.2 Å². The van der Waals surface area contributed by atoms with Crippen molar-refractivity contribution in [2.24, 2.45) is 0 Å². The zero-order valence-corrected chi connectivity index (χ0v) is 23.2. The van der Waals surface area contributed by atoms with Crippen molar-refractivity contribution in [3.63, 3.8) is 0 Å². The third-order valence-electron chi connectivity index (χ3n) is 6.55. The largest absolute Gasteiger partial charge is 0.370 e. The molecule has 0 N–H and O–H groups in total. The summed E-state index contributed by atoms with van der Waals surface area (Å²) in [6.45, 7) is 1.50. The first-order valence-corrected chi connectivity index (χ1v) is 15.0. The van der Waals surface area contributed by atoms with Gasteiger partial charge in [-0.1, -0.05) is 96.5 Å². The Balaban J connectivity index is 1.58. The number of rotatable bonds is 10. The van der Waals surface area contributed by atoms with Gasteiger partial charge in [-0.15, -0.1) is 0 Å². The smallest absolute Gasteiger partial charge is 0.175 e. The molecule has 1 heterocycles. The lowest BCUT2D eigenvalue weighted by molar-refractivity contribution is 0.101. The van der Waals surface area contributed by atoms with Crippen molar-refractivity contribution in [3.05, 3.63) is 131 Å². The fourth-order valence-corrected chi connectivity index (χ4v) is 5.29. The lowest BCUT2D eigenvalue weighted by Gasteiger charge is -2.12. The van der Waals surface area contributed by atoms with E-state index in [-0.39, 0.29) is 4.90 Å². The van der Waals surface area contributed by atoms with Gasteiger partial charge < -0.3 is 4.74 Å². The second kappa shape index (κ2) is 12.0. The van der Waals surface area contributed by atoms with Crippen molar-refractivity contribution >= 4 is 21.4 Å². The van der Waals surface area contributed by atoms with Gasteiger partial charge in [-0.05, 0) is 47.4 Å². The first kappa shape index (κ1) is 26.9. The number of benzene rings is 4. The van der Waals surface area contributed by atoms with Gasteiger partial charge in [-0.2, -0.15) is 5.10 Å². The number of aryl methyl sites for hydroxylation is 2. The van der Waals surface area contributed by atoms with Gasteiger partial charge in [0.2, 0.25) is 0 Å². The maximum Gasteiger partial charge on any atom is 0.175 e. The molecular weight excluding hydrogens is 528 g/mol. The predicted molar refractivity (Wildman–Crippen MR) is 156 cm³/mol. The molecular formula is C32H29ClN2O3S. The minimum absolute atomic E-state index is 0.272. The Morgan fingerprint density at radius 3 is 1.95 bits per heavy atom. The first-order valence-electron chi connectivity index (χ1n) is 12.7. The summed E-state index contributed by atoms with van der Waals surface area (Å²) in [6, 6.07) is 35.0. The van der Waals surface area contributed by atoms with Crippen molar-refractivity contribution in [1.29, 1.82) is 0 Å². The van der Waals surface area contributed by atoms with Crippen LogP contribution in [-0.2, 0) is 40.8 Å². The van der Waals surface area contributed by atoms with Crippen molar-refractivity contribution in [2.75, 3.05) is 6.26 Å². The highest BCUT2D eigenvalue weighted by atomic mass is 35.5. The summed E-state index contributed by atoms with van der Waals surface area (Å²) in [6.07, 6.45) is 2.02. The highest BCUT2D eigenvalue weighted by Crippen LogP contribution is 2.36. The number of aromatic nitrogens is 2. The van der Waals surface area contributed by atoms with Crippen molar-refractivity contribution in [2.45, 2.75) is 31.1 Å². The summed E-state index contributed by atoms with van der Waals surface area (Å²) < 4.78 is 32.4. The molecule has 0 aliphatic rings. The van der Waals surface area contributed by atoms with Crippen LogP contribution in [0.4, 0.5) is 0 Å². The molecule has 0 spiro atoms. The number of nitrogens with zero attached hydrogens (tertiary/aromatic N) is 2. The van der Waals surface area contributed by atoms with Crippen LogP contribution < -0.4 is 0 Å². The Morgan fingerprint density at radius 2 is 1.33 bits per heavy atom. The molecule has 5 rings (SSSR count). The molecule has 5 aromatic rings. The van der Waals surface area contributed by atoms with Gasteiger partial charge in [-0.3, -0.25) is 4.68 Å². The van der Waals surface area contributed by atoms with Gasteiger partial charge >= 0.3 is 0 Å². The van der Waals surface area contributed by atoms with Gasteiger partial charge in [0, 0.05) is 29.0 Å². The highest BCUT2D eigenvalue weighted by molar-refractivity contribution is 7.90. The van der Waals surface area contributed by atoms with Crippen molar-refractivity contribution in [3.8, 4) is 22.4 Å². The molecule has 198 valence electrons. The van der Waals surface area contributed by atoms with Gasteiger partial charge in [0.05, 0.1) is 23.8 Å². The molecule has 39 heavy (non-hydrogen) atoms. The van der Waals surface area contributed by atoms with E-state index in [0.717, 1.165) is 40.1 Å². The van der Waals surface area contributed by atoms with E-state index in [1.807, 2.05) is 89.6 Å². The Hall–Kier alpha value is -3.71. The molecule has 0 aliphatic carbocycles. The third kappa shape index (κ3) is 6.66. The SMILES string of the molecule is CS(=O)(=O)c1ccc(-c2nn(CCc3ccccc3)c(COCc3ccccc3)c2-c2ccc(Cl)cc2)cc1. The maximum atomic E-state index is 12.1. The van der Waals surface area contributed by atoms with Crippen molar-refractivity contribution in [1.82, 2.24) is 9.78 Å². The first-order chi connectivity index (χ1) is 18.9. The van der Waals surface area contributed by atoms with Crippen LogP contribution in [0.5, 0.6) is 0 Å². The van der Waals surface area contributed by atoms with Gasteiger partial charge in [-0.25, -0.2) is 8.42 Å². The van der Waals surface area contributed by atoms with Crippen LogP contribution in [0.3, 0.4) is 0 Å². The summed E-state index contributed by atoms with van der Waals surface area (Å²) in [7, 11) is -3.31. The molecule has 5 nitrogen and oxygen atoms in total. The fraction of sp³-hybridized carbons (Fsp3) is 0.156. The average molecular weight is 557 g/mol. The Labute approximate surface area is 234 Å². The van der Waals surface area contributed by atoms with E-state index < -0.39 is 9.84 Å². The van der Waals surface area contributed by atoms with E-state index in [4.69, 9.17) is 21.4 Å². The van der Waals surface area contributed by atoms with E-state index in [0.29, 0.717) is 24.8 Å². The maximum absolute atomic E-state index is 12.1. The lowest BCUT2D eigenvalue weighted by Crippen LogP contribution is -2.09. The molecule has 0 aliphatic heterocycles. The molecule has 7 heteroatoms. The van der Waals surface area contributed by atoms with Gasteiger partial charge in [0.15, 0.2) is 9.84 Å². The summed E-state index contributed by atoms with van der Waals surface area (Å²) in [5.74, 6) is 0. The molecule has 4 aromatic carbocycles. The Bertz CT molecular complexity index is 1630. The third-order valence-corrected chi connectivity index (χ3v) is 7.93. The van der Waals surface area contributed by atoms with Crippen LogP contribution in [0.1, 0.15) is 16.8 Å². The zero-order valence-electron chi connectivity index (χ0n) is 21.6. The number of halogens is 1. The number of ether oxygens (including phenoxy) is 1. The fourth-order valence-electron chi connectivity index (χ4n) is 4.53. The van der Waals surface area contributed by atoms with Gasteiger partial charge in [0.1, 0.15) is 5.69 Å². The molecule has 0 unspecified atom stereocenters. The Morgan fingerprint density at radius 1 is 0.744 bits per heavy atom. The highest BCUT2D eigenvalue weighted by Gasteiger charge is 2.22. The lowest BCUT2D eigenvalue weighted by atomic mass is 9.99. The van der Waals surface area contributed by atoms with Crippen LogP contribution in [0.25, 0.3) is 22.4 Å². The molecule has 0 atom stereocenters. The summed E-state index contributed by atoms with van der Waals surface area (Å²) >= 11 is 6.23. The molecule has 0 saturated heterocycles. The number of hydrogen-bond donors (Lipinski definition) is 0. The second-order valence-corrected chi connectivity index (χ2v) is 11.9. The topological polar surface area (TPSA) is 61.2 Å². The minimum atomic E-state index is -3.31. The molecule has 0 radical (unpaired) electrons. The van der Waals surface area contributed by atoms with E-state index >= 15 is 0 Å². The standard InChI is InChI=1S/C32H29ClN2O3S/c1-39(36,37)29-18-14-27(15-19-29)32-31(26-12-16-28(33)17-13-26)30(23-38-22-25-10-6-3-7-11-25)35(34-32)21-20-24-8-4-2-5-9-24/h2-19H,20-23H2,1H3. The van der Waals surface area contributed by atoms with Crippen LogP contribution >= 0.6 is 11.6 Å². The van der Waals surface area contributed by atoms with Crippen LogP contribution in [0.15, 0.2) is 114 Å². The predicted octanol–water partition coefficient (Wildman–Crippen LogP) is 7.23. The molecule has 1 aromatic heterocycles. The van der Waals surface area contributed by atoms with Crippen LogP contribution in [-0.4, -0.2) is 24.5 Å². The van der Waals surface area contributed by atoms with Crippen LogP contribution in [0, 0.1) is 0 Å². The zero-order chi connectivity index (χ0) is 27.2. The summed E-state index contributed by atoms with van der Waals surface area (Å²) in [5, 5.41) is 5.72. The average Bonchev–Trinajstić information content (AvgIpc) is 3.31. The summed E-state index contributed by atoms with van der Waals surface area (Å²) in [5.41, 5.74) is 6.77. The molecule has 0 fully saturated rings. The van der Waals surface area contributed by atoms with Crippen LogP contribution in [0.2, 0.25) is 5.02 Å². The van der Waals surface area contributed by atoms with E-state index in [1.54, 1.807) is 12.1 Å². The van der Waals surface area contributed by atoms with E-state index in [9.17, 15) is 8.42 Å².